The maximum atomic E-state index is 12.2. The third-order valence-corrected chi connectivity index (χ3v) is 4.21. The fourth-order valence-corrected chi connectivity index (χ4v) is 2.69. The summed E-state index contributed by atoms with van der Waals surface area (Å²) in [7, 11) is 1.61. The Labute approximate surface area is 163 Å². The number of fused-ring (bicyclic) bond motifs is 1. The number of carbonyl (C=O) groups is 2. The van der Waals surface area contributed by atoms with Crippen LogP contribution in [0.3, 0.4) is 0 Å². The molecule has 7 heteroatoms. The first kappa shape index (κ1) is 19.5. The van der Waals surface area contributed by atoms with E-state index >= 15 is 0 Å². The van der Waals surface area contributed by atoms with Crippen LogP contribution in [0.4, 0.5) is 0 Å². The number of rotatable bonds is 7. The van der Waals surface area contributed by atoms with Crippen molar-refractivity contribution in [1.29, 1.82) is 0 Å². The van der Waals surface area contributed by atoms with Crippen molar-refractivity contribution in [1.82, 2.24) is 5.32 Å². The van der Waals surface area contributed by atoms with Gasteiger partial charge in [-0.3, -0.25) is 4.79 Å². The molecule has 0 bridgehead atoms. The monoisotopic (exact) mass is 385 g/mol. The van der Waals surface area contributed by atoms with E-state index in [1.165, 1.54) is 0 Å². The molecule has 0 fully saturated rings. The molecule has 0 unspecified atom stereocenters. The van der Waals surface area contributed by atoms with E-state index in [1.54, 1.807) is 25.3 Å². The second-order valence-corrected chi connectivity index (χ2v) is 6.24. The number of hydrogen-bond acceptors (Lipinski definition) is 6. The standard InChI is InChI=1S/C21H23NO6/c1-25-17-6-3-15(4-7-17)9-10-22-20(23)14-28-21(24)16-5-8-18-19(13-16)27-12-2-11-26-18/h3-8,13H,2,9-12,14H2,1H3,(H,22,23). The highest BCUT2D eigenvalue weighted by molar-refractivity contribution is 5.92. The number of amides is 1. The first-order valence-corrected chi connectivity index (χ1v) is 9.12. The van der Waals surface area contributed by atoms with Crippen molar-refractivity contribution in [2.45, 2.75) is 12.8 Å². The lowest BCUT2D eigenvalue weighted by Crippen LogP contribution is -2.30. The first-order valence-electron chi connectivity index (χ1n) is 9.12. The van der Waals surface area contributed by atoms with E-state index in [0.717, 1.165) is 17.7 Å². The van der Waals surface area contributed by atoms with Gasteiger partial charge in [0.25, 0.3) is 5.91 Å². The molecule has 28 heavy (non-hydrogen) atoms. The Morgan fingerprint density at radius 3 is 2.54 bits per heavy atom. The van der Waals surface area contributed by atoms with E-state index in [1.807, 2.05) is 24.3 Å². The van der Waals surface area contributed by atoms with Crippen LogP contribution in [0.5, 0.6) is 17.2 Å². The zero-order chi connectivity index (χ0) is 19.8. The molecule has 148 valence electrons. The van der Waals surface area contributed by atoms with Crippen molar-refractivity contribution in [2.75, 3.05) is 33.5 Å². The molecule has 1 N–H and O–H groups in total. The Balaban J connectivity index is 1.42. The summed E-state index contributed by atoms with van der Waals surface area (Å²) in [5.41, 5.74) is 1.39. The summed E-state index contributed by atoms with van der Waals surface area (Å²) < 4.78 is 21.3. The van der Waals surface area contributed by atoms with Gasteiger partial charge in [0.15, 0.2) is 18.1 Å². The molecule has 0 saturated heterocycles. The van der Waals surface area contributed by atoms with Gasteiger partial charge in [0, 0.05) is 13.0 Å². The second kappa shape index (κ2) is 9.64. The summed E-state index contributed by atoms with van der Waals surface area (Å²) in [6.07, 6.45) is 1.46. The van der Waals surface area contributed by atoms with Crippen molar-refractivity contribution in [3.05, 3.63) is 53.6 Å². The summed E-state index contributed by atoms with van der Waals surface area (Å²) in [5.74, 6) is 0.966. The number of esters is 1. The molecule has 1 aliphatic rings. The fourth-order valence-electron chi connectivity index (χ4n) is 2.69. The highest BCUT2D eigenvalue weighted by Crippen LogP contribution is 2.30. The number of nitrogens with one attached hydrogen (secondary N) is 1. The van der Waals surface area contributed by atoms with Crippen LogP contribution >= 0.6 is 0 Å². The predicted octanol–water partition coefficient (Wildman–Crippen LogP) is 2.37. The normalized spacial score (nSPS) is 12.6. The summed E-state index contributed by atoms with van der Waals surface area (Å²) in [5, 5.41) is 2.73. The van der Waals surface area contributed by atoms with Crippen molar-refractivity contribution < 1.29 is 28.5 Å². The molecule has 1 aliphatic heterocycles. The molecule has 0 spiro atoms. The Bertz CT molecular complexity index is 818. The molecular weight excluding hydrogens is 362 g/mol. The van der Waals surface area contributed by atoms with Crippen LogP contribution in [0.2, 0.25) is 0 Å². The Hall–Kier alpha value is -3.22. The number of methoxy groups -OCH3 is 1. The Morgan fingerprint density at radius 2 is 1.79 bits per heavy atom. The zero-order valence-electron chi connectivity index (χ0n) is 15.7. The molecule has 0 atom stereocenters. The molecular formula is C21H23NO6. The number of carbonyl (C=O) groups excluding carboxylic acids is 2. The lowest BCUT2D eigenvalue weighted by molar-refractivity contribution is -0.124. The SMILES string of the molecule is COc1ccc(CCNC(=O)COC(=O)c2ccc3c(c2)OCCCO3)cc1. The molecule has 2 aromatic rings. The molecule has 0 saturated carbocycles. The van der Waals surface area contributed by atoms with Crippen LogP contribution in [-0.4, -0.2) is 45.4 Å². The first-order chi connectivity index (χ1) is 13.7. The minimum Gasteiger partial charge on any atom is -0.497 e. The summed E-state index contributed by atoms with van der Waals surface area (Å²) >= 11 is 0. The van der Waals surface area contributed by atoms with Gasteiger partial charge in [-0.05, 0) is 42.3 Å². The van der Waals surface area contributed by atoms with Gasteiger partial charge in [0.2, 0.25) is 0 Å². The lowest BCUT2D eigenvalue weighted by atomic mass is 10.1. The number of hydrogen-bond donors (Lipinski definition) is 1. The van der Waals surface area contributed by atoms with Gasteiger partial charge >= 0.3 is 5.97 Å². The Kier molecular flexibility index (Phi) is 6.73. The maximum Gasteiger partial charge on any atom is 0.338 e. The third-order valence-electron chi connectivity index (χ3n) is 4.21. The van der Waals surface area contributed by atoms with E-state index in [2.05, 4.69) is 5.32 Å². The number of ether oxygens (including phenoxy) is 4. The van der Waals surface area contributed by atoms with E-state index in [9.17, 15) is 9.59 Å². The number of benzene rings is 2. The molecule has 0 aromatic heterocycles. The highest BCUT2D eigenvalue weighted by Gasteiger charge is 2.16. The van der Waals surface area contributed by atoms with E-state index < -0.39 is 5.97 Å². The molecule has 7 nitrogen and oxygen atoms in total. The molecule has 2 aromatic carbocycles. The van der Waals surface area contributed by atoms with Crippen LogP contribution in [-0.2, 0) is 16.0 Å². The highest BCUT2D eigenvalue weighted by atomic mass is 16.5. The molecule has 1 amide bonds. The van der Waals surface area contributed by atoms with E-state index in [-0.39, 0.29) is 12.5 Å². The summed E-state index contributed by atoms with van der Waals surface area (Å²) in [4.78, 5) is 24.1. The van der Waals surface area contributed by atoms with Crippen molar-refractivity contribution in [3.8, 4) is 17.2 Å². The van der Waals surface area contributed by atoms with Crippen LogP contribution in [0.25, 0.3) is 0 Å². The van der Waals surface area contributed by atoms with Gasteiger partial charge in [-0.2, -0.15) is 0 Å². The lowest BCUT2D eigenvalue weighted by Gasteiger charge is -2.10. The van der Waals surface area contributed by atoms with Crippen LogP contribution in [0.1, 0.15) is 22.3 Å². The minimum absolute atomic E-state index is 0.315. The summed E-state index contributed by atoms with van der Waals surface area (Å²) in [6, 6.07) is 12.5. The fraction of sp³-hybridized carbons (Fsp3) is 0.333. The van der Waals surface area contributed by atoms with Gasteiger partial charge < -0.3 is 24.3 Å². The topological polar surface area (TPSA) is 83.1 Å². The summed E-state index contributed by atoms with van der Waals surface area (Å²) in [6.45, 7) is 1.22. The van der Waals surface area contributed by atoms with Gasteiger partial charge in [-0.25, -0.2) is 4.79 Å². The quantitative estimate of drug-likeness (QED) is 0.737. The van der Waals surface area contributed by atoms with Crippen LogP contribution in [0.15, 0.2) is 42.5 Å². The van der Waals surface area contributed by atoms with Gasteiger partial charge in [-0.1, -0.05) is 12.1 Å². The van der Waals surface area contributed by atoms with Crippen molar-refractivity contribution in [2.24, 2.45) is 0 Å². The largest absolute Gasteiger partial charge is 0.497 e. The average molecular weight is 385 g/mol. The van der Waals surface area contributed by atoms with E-state index in [0.29, 0.717) is 43.2 Å². The smallest absolute Gasteiger partial charge is 0.338 e. The third kappa shape index (κ3) is 5.39. The zero-order valence-corrected chi connectivity index (χ0v) is 15.7. The second-order valence-electron chi connectivity index (χ2n) is 6.24. The molecule has 1 heterocycles. The van der Waals surface area contributed by atoms with Gasteiger partial charge in [-0.15, -0.1) is 0 Å². The molecule has 0 aliphatic carbocycles. The van der Waals surface area contributed by atoms with E-state index in [4.69, 9.17) is 18.9 Å². The van der Waals surface area contributed by atoms with Crippen molar-refractivity contribution in [3.63, 3.8) is 0 Å². The van der Waals surface area contributed by atoms with Crippen LogP contribution in [0, 0.1) is 0 Å². The van der Waals surface area contributed by atoms with Crippen molar-refractivity contribution >= 4 is 11.9 Å². The molecule has 0 radical (unpaired) electrons. The van der Waals surface area contributed by atoms with Crippen LogP contribution < -0.4 is 19.5 Å². The van der Waals surface area contributed by atoms with Gasteiger partial charge in [0.05, 0.1) is 25.9 Å². The predicted molar refractivity (Wildman–Crippen MR) is 102 cm³/mol. The maximum absolute atomic E-state index is 12.2. The average Bonchev–Trinajstić information content (AvgIpc) is 2.97. The van der Waals surface area contributed by atoms with Gasteiger partial charge in [0.1, 0.15) is 5.75 Å². The Morgan fingerprint density at radius 1 is 1.04 bits per heavy atom. The minimum atomic E-state index is -0.582. The molecule has 3 rings (SSSR count).